The van der Waals surface area contributed by atoms with Gasteiger partial charge in [0.05, 0.1) is 6.20 Å². The summed E-state index contributed by atoms with van der Waals surface area (Å²) in [7, 11) is 0. The molecule has 0 atom stereocenters. The Labute approximate surface area is 114 Å². The lowest BCUT2D eigenvalue weighted by Gasteiger charge is -2.08. The van der Waals surface area contributed by atoms with Gasteiger partial charge in [-0.25, -0.2) is 4.68 Å². The first-order valence-corrected chi connectivity index (χ1v) is 5.87. The van der Waals surface area contributed by atoms with Gasteiger partial charge in [-0.1, -0.05) is 22.9 Å². The van der Waals surface area contributed by atoms with Gasteiger partial charge in [0, 0.05) is 10.7 Å². The topological polar surface area (TPSA) is 76.9 Å². The van der Waals surface area contributed by atoms with Crippen LogP contribution in [0.2, 0.25) is 5.02 Å². The highest BCUT2D eigenvalue weighted by Crippen LogP contribution is 2.20. The van der Waals surface area contributed by atoms with Crippen LogP contribution < -0.4 is 5.32 Å². The molecule has 1 amide bonds. The van der Waals surface area contributed by atoms with E-state index in [9.17, 15) is 9.59 Å². The van der Waals surface area contributed by atoms with Crippen molar-refractivity contribution in [2.75, 3.05) is 5.32 Å². The molecule has 0 aliphatic carbocycles. The summed E-state index contributed by atoms with van der Waals surface area (Å²) in [6, 6.07) is 5.24. The maximum absolute atomic E-state index is 11.8. The number of rotatable bonds is 4. The number of carbonyl (C=O) groups is 2. The summed E-state index contributed by atoms with van der Waals surface area (Å²) in [4.78, 5) is 22.3. The lowest BCUT2D eigenvalue weighted by Crippen LogP contribution is -2.19. The van der Waals surface area contributed by atoms with Crippen molar-refractivity contribution in [3.8, 4) is 0 Å². The molecule has 1 N–H and O–H groups in total. The number of hydrogen-bond donors (Lipinski definition) is 1. The normalized spacial score (nSPS) is 10.2. The highest BCUT2D eigenvalue weighted by atomic mass is 35.5. The molecule has 2 rings (SSSR count). The number of hydrogen-bond acceptors (Lipinski definition) is 4. The number of nitrogens with one attached hydrogen (secondary N) is 1. The van der Waals surface area contributed by atoms with Gasteiger partial charge in [-0.2, -0.15) is 0 Å². The van der Waals surface area contributed by atoms with Crippen LogP contribution in [0.3, 0.4) is 0 Å². The minimum absolute atomic E-state index is 0.0210. The Balaban J connectivity index is 2.04. The van der Waals surface area contributed by atoms with Crippen molar-refractivity contribution < 1.29 is 9.59 Å². The smallest absolute Gasteiger partial charge is 0.246 e. The van der Waals surface area contributed by atoms with Gasteiger partial charge >= 0.3 is 0 Å². The Morgan fingerprint density at radius 1 is 1.53 bits per heavy atom. The molecule has 7 heteroatoms. The fraction of sp³-hybridized carbons (Fsp3) is 0.167. The van der Waals surface area contributed by atoms with Gasteiger partial charge in [-0.05, 0) is 24.6 Å². The van der Waals surface area contributed by atoms with Crippen molar-refractivity contribution in [3.63, 3.8) is 0 Å². The third-order valence-electron chi connectivity index (χ3n) is 2.46. The van der Waals surface area contributed by atoms with E-state index in [4.69, 9.17) is 11.6 Å². The number of aromatic nitrogens is 3. The molecule has 1 aromatic carbocycles. The molecule has 6 nitrogen and oxygen atoms in total. The summed E-state index contributed by atoms with van der Waals surface area (Å²) in [5, 5.41) is 10.5. The molecule has 0 bridgehead atoms. The van der Waals surface area contributed by atoms with E-state index in [1.807, 2.05) is 13.0 Å². The lowest BCUT2D eigenvalue weighted by molar-refractivity contribution is -0.116. The molecular formula is C12H11ClN4O2. The number of aryl methyl sites for hydroxylation is 1. The van der Waals surface area contributed by atoms with Gasteiger partial charge in [0.2, 0.25) is 5.91 Å². The highest BCUT2D eigenvalue weighted by molar-refractivity contribution is 6.31. The first-order valence-electron chi connectivity index (χ1n) is 5.50. The largest absolute Gasteiger partial charge is 0.324 e. The van der Waals surface area contributed by atoms with E-state index < -0.39 is 0 Å². The van der Waals surface area contributed by atoms with Crippen LogP contribution in [-0.4, -0.2) is 27.2 Å². The van der Waals surface area contributed by atoms with Gasteiger partial charge in [0.1, 0.15) is 12.2 Å². The average Bonchev–Trinajstić information content (AvgIpc) is 2.81. The molecule has 0 unspecified atom stereocenters. The quantitative estimate of drug-likeness (QED) is 0.864. The van der Waals surface area contributed by atoms with Crippen LogP contribution in [0.5, 0.6) is 0 Å². The number of aldehydes is 1. The van der Waals surface area contributed by atoms with Crippen LogP contribution in [0.4, 0.5) is 5.69 Å². The summed E-state index contributed by atoms with van der Waals surface area (Å²) in [5.74, 6) is -0.271. The average molecular weight is 279 g/mol. The molecule has 0 radical (unpaired) electrons. The van der Waals surface area contributed by atoms with Crippen molar-refractivity contribution in [1.29, 1.82) is 0 Å². The number of nitrogens with zero attached hydrogens (tertiary/aromatic N) is 3. The van der Waals surface area contributed by atoms with Crippen molar-refractivity contribution in [2.45, 2.75) is 13.5 Å². The molecule has 98 valence electrons. The van der Waals surface area contributed by atoms with Crippen LogP contribution in [0.15, 0.2) is 24.4 Å². The molecule has 1 aromatic heterocycles. The summed E-state index contributed by atoms with van der Waals surface area (Å²) in [5.41, 5.74) is 1.74. The molecule has 0 saturated carbocycles. The molecule has 0 aliphatic rings. The van der Waals surface area contributed by atoms with Crippen LogP contribution in [0.1, 0.15) is 16.1 Å². The number of carbonyl (C=O) groups excluding carboxylic acids is 2. The van der Waals surface area contributed by atoms with Crippen LogP contribution in [-0.2, 0) is 11.3 Å². The summed E-state index contributed by atoms with van der Waals surface area (Å²) in [6.07, 6.45) is 1.97. The van der Waals surface area contributed by atoms with Gasteiger partial charge < -0.3 is 5.32 Å². The zero-order valence-electron chi connectivity index (χ0n) is 10.1. The molecule has 0 saturated heterocycles. The monoisotopic (exact) mass is 278 g/mol. The van der Waals surface area contributed by atoms with E-state index in [-0.39, 0.29) is 18.1 Å². The summed E-state index contributed by atoms with van der Waals surface area (Å²) in [6.45, 7) is 1.85. The molecular weight excluding hydrogens is 268 g/mol. The Morgan fingerprint density at radius 3 is 3.00 bits per heavy atom. The molecule has 0 fully saturated rings. The predicted octanol–water partition coefficient (Wildman–Crippen LogP) is 1.69. The first-order chi connectivity index (χ1) is 9.08. The molecule has 2 aromatic rings. The molecule has 19 heavy (non-hydrogen) atoms. The number of anilines is 1. The maximum atomic E-state index is 11.8. The van der Waals surface area contributed by atoms with E-state index in [2.05, 4.69) is 15.6 Å². The predicted molar refractivity (Wildman–Crippen MR) is 70.2 cm³/mol. The van der Waals surface area contributed by atoms with Gasteiger partial charge in [-0.3, -0.25) is 9.59 Å². The SMILES string of the molecule is Cc1ccc(Cl)cc1NC(=O)Cn1cc(C=O)nn1. The summed E-state index contributed by atoms with van der Waals surface area (Å²) < 4.78 is 1.29. The second-order valence-electron chi connectivity index (χ2n) is 3.97. The fourth-order valence-electron chi connectivity index (χ4n) is 1.51. The van der Waals surface area contributed by atoms with Gasteiger partial charge in [0.25, 0.3) is 0 Å². The Bertz CT molecular complexity index is 624. The van der Waals surface area contributed by atoms with Crippen molar-refractivity contribution in [2.24, 2.45) is 0 Å². The van der Waals surface area contributed by atoms with E-state index in [0.29, 0.717) is 17.0 Å². The third kappa shape index (κ3) is 3.38. The minimum atomic E-state index is -0.271. The second-order valence-corrected chi connectivity index (χ2v) is 4.40. The van der Waals surface area contributed by atoms with E-state index in [1.54, 1.807) is 12.1 Å². The molecule has 1 heterocycles. The minimum Gasteiger partial charge on any atom is -0.324 e. The number of halogens is 1. The highest BCUT2D eigenvalue weighted by Gasteiger charge is 2.08. The van der Waals surface area contributed by atoms with Gasteiger partial charge in [-0.15, -0.1) is 5.10 Å². The number of benzene rings is 1. The molecule has 0 aliphatic heterocycles. The van der Waals surface area contributed by atoms with E-state index in [1.165, 1.54) is 10.9 Å². The Kier molecular flexibility index (Phi) is 3.91. The number of amides is 1. The van der Waals surface area contributed by atoms with Crippen molar-refractivity contribution in [1.82, 2.24) is 15.0 Å². The Morgan fingerprint density at radius 2 is 2.32 bits per heavy atom. The fourth-order valence-corrected chi connectivity index (χ4v) is 1.68. The summed E-state index contributed by atoms with van der Waals surface area (Å²) >= 11 is 5.86. The lowest BCUT2D eigenvalue weighted by atomic mass is 10.2. The zero-order valence-corrected chi connectivity index (χ0v) is 10.9. The first kappa shape index (κ1) is 13.2. The van der Waals surface area contributed by atoms with Crippen LogP contribution in [0.25, 0.3) is 0 Å². The molecule has 0 spiro atoms. The van der Waals surface area contributed by atoms with E-state index in [0.717, 1.165) is 5.56 Å². The van der Waals surface area contributed by atoms with E-state index >= 15 is 0 Å². The van der Waals surface area contributed by atoms with Crippen molar-refractivity contribution >= 4 is 29.5 Å². The standard InChI is InChI=1S/C12H11ClN4O2/c1-8-2-3-9(13)4-11(8)14-12(19)6-17-5-10(7-18)15-16-17/h2-5,7H,6H2,1H3,(H,14,19). The van der Waals surface area contributed by atoms with Crippen molar-refractivity contribution in [3.05, 3.63) is 40.7 Å². The Hall–Kier alpha value is -2.21. The van der Waals surface area contributed by atoms with Crippen LogP contribution in [0, 0.1) is 6.92 Å². The van der Waals surface area contributed by atoms with Crippen LogP contribution >= 0.6 is 11.6 Å². The van der Waals surface area contributed by atoms with Gasteiger partial charge in [0.15, 0.2) is 6.29 Å². The third-order valence-corrected chi connectivity index (χ3v) is 2.69. The second kappa shape index (κ2) is 5.62. The maximum Gasteiger partial charge on any atom is 0.246 e. The zero-order chi connectivity index (χ0) is 13.8.